The van der Waals surface area contributed by atoms with Crippen molar-refractivity contribution in [2.45, 2.75) is 39.7 Å². The molecule has 0 rings (SSSR count). The lowest BCUT2D eigenvalue weighted by atomic mass is 9.98. The zero-order valence-electron chi connectivity index (χ0n) is 5.94. The predicted octanol–water partition coefficient (Wildman–Crippen LogP) is 1.76. The van der Waals surface area contributed by atoms with Crippen LogP contribution in [0.25, 0.3) is 0 Å². The molecule has 0 aromatic rings. The number of aliphatic hydroxyl groups excluding tert-OH is 1. The molecule has 0 spiro atoms. The Kier molecular flexibility index (Phi) is 3.88. The number of hydrogen-bond acceptors (Lipinski definition) is 1. The summed E-state index contributed by atoms with van der Waals surface area (Å²) in [5.74, 6) is 1.24. The molecule has 0 bridgehead atoms. The van der Waals surface area contributed by atoms with Crippen molar-refractivity contribution in [3.05, 3.63) is 5.92 Å². The van der Waals surface area contributed by atoms with Crippen LogP contribution in [-0.2, 0) is 0 Å². The molecule has 0 aliphatic rings. The van der Waals surface area contributed by atoms with Crippen molar-refractivity contribution in [3.8, 4) is 0 Å². The van der Waals surface area contributed by atoms with E-state index >= 15 is 0 Å². The molecular formula is C7H15O. The quantitative estimate of drug-likeness (QED) is 0.594. The maximum Gasteiger partial charge on any atom is 0.0574 e. The van der Waals surface area contributed by atoms with Gasteiger partial charge in [0.15, 0.2) is 0 Å². The maximum atomic E-state index is 8.98. The third-order valence-corrected chi connectivity index (χ3v) is 1.50. The van der Waals surface area contributed by atoms with Gasteiger partial charge in [0.1, 0.15) is 0 Å². The van der Waals surface area contributed by atoms with Crippen LogP contribution in [-0.4, -0.2) is 11.2 Å². The van der Waals surface area contributed by atoms with Crippen molar-refractivity contribution in [1.82, 2.24) is 0 Å². The average molecular weight is 115 g/mol. The summed E-state index contributed by atoms with van der Waals surface area (Å²) >= 11 is 0. The Morgan fingerprint density at radius 3 is 1.75 bits per heavy atom. The summed E-state index contributed by atoms with van der Waals surface area (Å²) in [6, 6.07) is 0. The van der Waals surface area contributed by atoms with Gasteiger partial charge in [0.05, 0.1) is 6.10 Å². The smallest absolute Gasteiger partial charge is 0.0574 e. The summed E-state index contributed by atoms with van der Waals surface area (Å²) in [7, 11) is 0. The van der Waals surface area contributed by atoms with Gasteiger partial charge in [0.2, 0.25) is 0 Å². The van der Waals surface area contributed by atoms with Gasteiger partial charge in [-0.1, -0.05) is 13.8 Å². The third-order valence-electron chi connectivity index (χ3n) is 1.50. The van der Waals surface area contributed by atoms with Gasteiger partial charge in [-0.15, -0.1) is 0 Å². The molecule has 1 unspecified atom stereocenters. The lowest BCUT2D eigenvalue weighted by Gasteiger charge is -2.13. The molecule has 0 saturated heterocycles. The first-order chi connectivity index (χ1) is 3.72. The van der Waals surface area contributed by atoms with E-state index in [0.29, 0.717) is 0 Å². The molecule has 1 N–H and O–H groups in total. The van der Waals surface area contributed by atoms with E-state index in [4.69, 9.17) is 5.11 Å². The molecule has 49 valence electrons. The fraction of sp³-hybridized carbons (Fsp3) is 0.857. The lowest BCUT2D eigenvalue weighted by Crippen LogP contribution is -2.11. The van der Waals surface area contributed by atoms with Gasteiger partial charge in [-0.3, -0.25) is 0 Å². The van der Waals surface area contributed by atoms with Gasteiger partial charge in [-0.25, -0.2) is 0 Å². The van der Waals surface area contributed by atoms with Gasteiger partial charge < -0.3 is 5.11 Å². The van der Waals surface area contributed by atoms with E-state index in [1.54, 1.807) is 0 Å². The van der Waals surface area contributed by atoms with Crippen molar-refractivity contribution in [3.63, 3.8) is 0 Å². The minimum atomic E-state index is -0.204. The van der Waals surface area contributed by atoms with Crippen LogP contribution in [0.1, 0.15) is 33.6 Å². The number of aliphatic hydroxyl groups is 1. The van der Waals surface area contributed by atoms with Gasteiger partial charge >= 0.3 is 0 Å². The number of rotatable bonds is 3. The fourth-order valence-electron chi connectivity index (χ4n) is 0.841. The van der Waals surface area contributed by atoms with Crippen LogP contribution < -0.4 is 0 Å². The second-order valence-corrected chi connectivity index (χ2v) is 2.04. The van der Waals surface area contributed by atoms with E-state index in [1.165, 1.54) is 5.92 Å². The van der Waals surface area contributed by atoms with Crippen LogP contribution in [0.5, 0.6) is 0 Å². The second-order valence-electron chi connectivity index (χ2n) is 2.04. The Bertz CT molecular complexity index is 46.3. The van der Waals surface area contributed by atoms with Gasteiger partial charge in [-0.05, 0) is 19.8 Å². The first-order valence-corrected chi connectivity index (χ1v) is 3.25. The summed E-state index contributed by atoms with van der Waals surface area (Å²) < 4.78 is 0. The average Bonchev–Trinajstić information content (AvgIpc) is 1.69. The van der Waals surface area contributed by atoms with Crippen LogP contribution in [0.2, 0.25) is 0 Å². The lowest BCUT2D eigenvalue weighted by molar-refractivity contribution is 0.198. The molecule has 8 heavy (non-hydrogen) atoms. The minimum absolute atomic E-state index is 0.204. The monoisotopic (exact) mass is 115 g/mol. The Labute approximate surface area is 51.7 Å². The molecule has 0 fully saturated rings. The fourth-order valence-corrected chi connectivity index (χ4v) is 0.841. The zero-order valence-corrected chi connectivity index (χ0v) is 5.94. The van der Waals surface area contributed by atoms with Crippen molar-refractivity contribution in [2.24, 2.45) is 0 Å². The highest BCUT2D eigenvalue weighted by atomic mass is 16.3. The standard InChI is InChI=1S/C7H15O/c1-4-7(5-2)6(3)8/h6,8H,4-5H2,1-3H3. The molecule has 1 radical (unpaired) electrons. The van der Waals surface area contributed by atoms with Crippen LogP contribution in [0.4, 0.5) is 0 Å². The SMILES string of the molecule is CC[C](CC)C(C)O. The van der Waals surface area contributed by atoms with Crippen molar-refractivity contribution in [1.29, 1.82) is 0 Å². The number of hydrogen-bond donors (Lipinski definition) is 1. The van der Waals surface area contributed by atoms with Crippen LogP contribution in [0, 0.1) is 5.92 Å². The topological polar surface area (TPSA) is 20.2 Å². The third kappa shape index (κ3) is 2.31. The molecule has 0 aliphatic carbocycles. The van der Waals surface area contributed by atoms with E-state index in [2.05, 4.69) is 13.8 Å². The molecular weight excluding hydrogens is 100 g/mol. The van der Waals surface area contributed by atoms with Crippen LogP contribution in [0.3, 0.4) is 0 Å². The van der Waals surface area contributed by atoms with Crippen LogP contribution in [0.15, 0.2) is 0 Å². The molecule has 1 nitrogen and oxygen atoms in total. The summed E-state index contributed by atoms with van der Waals surface area (Å²) in [5, 5.41) is 8.98. The summed E-state index contributed by atoms with van der Waals surface area (Å²) in [6.07, 6.45) is 1.81. The second kappa shape index (κ2) is 3.90. The van der Waals surface area contributed by atoms with Gasteiger partial charge in [-0.2, -0.15) is 0 Å². The highest BCUT2D eigenvalue weighted by Crippen LogP contribution is 2.14. The normalized spacial score (nSPS) is 14.6. The highest BCUT2D eigenvalue weighted by Gasteiger charge is 2.08. The molecule has 0 aliphatic heterocycles. The Balaban J connectivity index is 3.35. The predicted molar refractivity (Wildman–Crippen MR) is 35.5 cm³/mol. The Hall–Kier alpha value is -0.0400. The first-order valence-electron chi connectivity index (χ1n) is 3.25. The van der Waals surface area contributed by atoms with E-state index in [1.807, 2.05) is 6.92 Å². The van der Waals surface area contributed by atoms with E-state index in [0.717, 1.165) is 12.8 Å². The molecule has 1 heteroatoms. The molecule has 0 saturated carbocycles. The maximum absolute atomic E-state index is 8.98. The van der Waals surface area contributed by atoms with Crippen LogP contribution >= 0.6 is 0 Å². The van der Waals surface area contributed by atoms with Gasteiger partial charge in [0.25, 0.3) is 0 Å². The van der Waals surface area contributed by atoms with Gasteiger partial charge in [0, 0.05) is 5.92 Å². The summed E-state index contributed by atoms with van der Waals surface area (Å²) in [5.41, 5.74) is 0. The van der Waals surface area contributed by atoms with E-state index in [-0.39, 0.29) is 6.10 Å². The van der Waals surface area contributed by atoms with E-state index in [9.17, 15) is 0 Å². The largest absolute Gasteiger partial charge is 0.393 e. The highest BCUT2D eigenvalue weighted by molar-refractivity contribution is 4.91. The van der Waals surface area contributed by atoms with Crippen molar-refractivity contribution >= 4 is 0 Å². The summed E-state index contributed by atoms with van der Waals surface area (Å²) in [6.45, 7) is 5.97. The Morgan fingerprint density at radius 2 is 1.75 bits per heavy atom. The molecule has 1 atom stereocenters. The first kappa shape index (κ1) is 7.96. The molecule has 0 heterocycles. The molecule has 0 aromatic carbocycles. The summed E-state index contributed by atoms with van der Waals surface area (Å²) in [4.78, 5) is 0. The zero-order chi connectivity index (χ0) is 6.57. The minimum Gasteiger partial charge on any atom is -0.393 e. The molecule has 0 aromatic heterocycles. The van der Waals surface area contributed by atoms with E-state index < -0.39 is 0 Å². The molecule has 0 amide bonds. The van der Waals surface area contributed by atoms with Crippen molar-refractivity contribution in [2.75, 3.05) is 0 Å². The van der Waals surface area contributed by atoms with Crippen molar-refractivity contribution < 1.29 is 5.11 Å². The Morgan fingerprint density at radius 1 is 1.38 bits per heavy atom.